The number of H-pyrrole nitrogens is 1. The molecule has 72 valence electrons. The highest BCUT2D eigenvalue weighted by Gasteiger charge is 2.04. The fraction of sp³-hybridized carbons (Fsp3) is 0.222. The summed E-state index contributed by atoms with van der Waals surface area (Å²) >= 11 is 0. The van der Waals surface area contributed by atoms with Gasteiger partial charge in [-0.3, -0.25) is 0 Å². The molecule has 0 fully saturated rings. The number of hydrogen-bond donors (Lipinski definition) is 1. The van der Waals surface area contributed by atoms with Gasteiger partial charge in [-0.25, -0.2) is 4.39 Å². The molecule has 14 heavy (non-hydrogen) atoms. The molecule has 0 radical (unpaired) electrons. The zero-order chi connectivity index (χ0) is 9.97. The first-order valence-electron chi connectivity index (χ1n) is 4.23. The van der Waals surface area contributed by atoms with Crippen molar-refractivity contribution in [3.63, 3.8) is 0 Å². The number of aromatic amines is 1. The normalized spacial score (nSPS) is 10.4. The van der Waals surface area contributed by atoms with E-state index in [-0.39, 0.29) is 5.82 Å². The lowest BCUT2D eigenvalue weighted by atomic mass is 10.1. The van der Waals surface area contributed by atoms with Crippen molar-refractivity contribution in [2.45, 2.75) is 13.3 Å². The van der Waals surface area contributed by atoms with Crippen LogP contribution in [0.3, 0.4) is 0 Å². The molecule has 0 saturated carbocycles. The Bertz CT molecular complexity index is 424. The number of aromatic nitrogens is 4. The Hall–Kier alpha value is -1.78. The lowest BCUT2D eigenvalue weighted by Crippen LogP contribution is -1.95. The summed E-state index contributed by atoms with van der Waals surface area (Å²) in [7, 11) is 0. The molecule has 1 aromatic heterocycles. The van der Waals surface area contributed by atoms with E-state index in [9.17, 15) is 4.39 Å². The number of nitrogens with one attached hydrogen (secondary N) is 1. The van der Waals surface area contributed by atoms with E-state index in [1.54, 1.807) is 6.07 Å². The molecule has 0 spiro atoms. The number of tetrazole rings is 1. The Balaban J connectivity index is 2.28. The van der Waals surface area contributed by atoms with E-state index in [0.717, 1.165) is 11.1 Å². The van der Waals surface area contributed by atoms with Crippen LogP contribution < -0.4 is 0 Å². The molecule has 2 aromatic rings. The SMILES string of the molecule is Cc1ccc(F)cc1Cc1nn[nH]n1. The van der Waals surface area contributed by atoms with Gasteiger partial charge in [0.05, 0.1) is 0 Å². The number of benzene rings is 1. The van der Waals surface area contributed by atoms with Crippen molar-refractivity contribution < 1.29 is 4.39 Å². The molecule has 0 saturated heterocycles. The number of hydrogen-bond acceptors (Lipinski definition) is 3. The number of aryl methyl sites for hydroxylation is 1. The molecule has 0 unspecified atom stereocenters. The molecular weight excluding hydrogens is 183 g/mol. The summed E-state index contributed by atoms with van der Waals surface area (Å²) in [5.74, 6) is 0.327. The van der Waals surface area contributed by atoms with E-state index in [4.69, 9.17) is 0 Å². The fourth-order valence-corrected chi connectivity index (χ4v) is 1.26. The van der Waals surface area contributed by atoms with Gasteiger partial charge in [0.25, 0.3) is 0 Å². The summed E-state index contributed by atoms with van der Waals surface area (Å²) in [5, 5.41) is 13.4. The molecule has 1 aromatic carbocycles. The van der Waals surface area contributed by atoms with Gasteiger partial charge in [0.15, 0.2) is 5.82 Å². The van der Waals surface area contributed by atoms with Gasteiger partial charge in [0.1, 0.15) is 5.82 Å². The van der Waals surface area contributed by atoms with Gasteiger partial charge in [-0.2, -0.15) is 5.21 Å². The van der Waals surface area contributed by atoms with E-state index in [1.165, 1.54) is 12.1 Å². The van der Waals surface area contributed by atoms with Crippen molar-refractivity contribution in [1.82, 2.24) is 20.6 Å². The first-order chi connectivity index (χ1) is 6.75. The predicted molar refractivity (Wildman–Crippen MR) is 48.1 cm³/mol. The third kappa shape index (κ3) is 1.76. The summed E-state index contributed by atoms with van der Waals surface area (Å²) in [6.07, 6.45) is 0.500. The molecule has 0 bridgehead atoms. The van der Waals surface area contributed by atoms with Crippen LogP contribution in [0.25, 0.3) is 0 Å². The topological polar surface area (TPSA) is 54.5 Å². The van der Waals surface area contributed by atoms with Crippen molar-refractivity contribution in [3.05, 3.63) is 41.0 Å². The average molecular weight is 192 g/mol. The second kappa shape index (κ2) is 3.53. The smallest absolute Gasteiger partial charge is 0.178 e. The minimum absolute atomic E-state index is 0.242. The summed E-state index contributed by atoms with van der Waals surface area (Å²) in [6, 6.07) is 4.67. The van der Waals surface area contributed by atoms with Crippen LogP contribution in [0.15, 0.2) is 18.2 Å². The third-order valence-electron chi connectivity index (χ3n) is 2.05. The van der Waals surface area contributed by atoms with Crippen LogP contribution in [0.1, 0.15) is 17.0 Å². The van der Waals surface area contributed by atoms with E-state index in [2.05, 4.69) is 20.6 Å². The van der Waals surface area contributed by atoms with E-state index in [0.29, 0.717) is 12.2 Å². The molecule has 0 aliphatic heterocycles. The zero-order valence-electron chi connectivity index (χ0n) is 7.66. The monoisotopic (exact) mass is 192 g/mol. The third-order valence-corrected chi connectivity index (χ3v) is 2.05. The second-order valence-corrected chi connectivity index (χ2v) is 3.08. The van der Waals surface area contributed by atoms with Crippen LogP contribution in [-0.4, -0.2) is 20.6 Å². The maximum absolute atomic E-state index is 12.9. The van der Waals surface area contributed by atoms with Crippen molar-refractivity contribution in [1.29, 1.82) is 0 Å². The quantitative estimate of drug-likeness (QED) is 0.778. The van der Waals surface area contributed by atoms with Crippen LogP contribution >= 0.6 is 0 Å². The fourth-order valence-electron chi connectivity index (χ4n) is 1.26. The summed E-state index contributed by atoms with van der Waals surface area (Å²) in [6.45, 7) is 1.93. The number of halogens is 1. The minimum atomic E-state index is -0.242. The van der Waals surface area contributed by atoms with Crippen molar-refractivity contribution >= 4 is 0 Å². The lowest BCUT2D eigenvalue weighted by Gasteiger charge is -2.02. The molecule has 1 heterocycles. The molecular formula is C9H9FN4. The van der Waals surface area contributed by atoms with Crippen LogP contribution in [0, 0.1) is 12.7 Å². The minimum Gasteiger partial charge on any atom is -0.207 e. The average Bonchev–Trinajstić information content (AvgIpc) is 2.64. The Labute approximate surface area is 80.2 Å². The Kier molecular flexibility index (Phi) is 2.22. The highest BCUT2D eigenvalue weighted by Crippen LogP contribution is 2.12. The predicted octanol–water partition coefficient (Wildman–Crippen LogP) is 1.24. The molecule has 5 heteroatoms. The summed E-state index contributed by atoms with van der Waals surface area (Å²) in [5.41, 5.74) is 1.91. The van der Waals surface area contributed by atoms with Crippen LogP contribution in [0.2, 0.25) is 0 Å². The standard InChI is InChI=1S/C9H9FN4/c1-6-2-3-8(10)4-7(6)5-9-11-13-14-12-9/h2-4H,5H2,1H3,(H,11,12,13,14). The van der Waals surface area contributed by atoms with Gasteiger partial charge in [-0.05, 0) is 30.2 Å². The lowest BCUT2D eigenvalue weighted by molar-refractivity contribution is 0.625. The number of nitrogens with zero attached hydrogens (tertiary/aromatic N) is 3. The Morgan fingerprint density at radius 1 is 1.43 bits per heavy atom. The molecule has 0 amide bonds. The molecule has 0 atom stereocenters. The van der Waals surface area contributed by atoms with E-state index in [1.807, 2.05) is 6.92 Å². The molecule has 1 N–H and O–H groups in total. The first kappa shape index (κ1) is 8.80. The van der Waals surface area contributed by atoms with Gasteiger partial charge >= 0.3 is 0 Å². The van der Waals surface area contributed by atoms with Gasteiger partial charge in [0.2, 0.25) is 0 Å². The highest BCUT2D eigenvalue weighted by molar-refractivity contribution is 5.28. The van der Waals surface area contributed by atoms with Crippen molar-refractivity contribution in [3.8, 4) is 0 Å². The maximum atomic E-state index is 12.9. The van der Waals surface area contributed by atoms with Crippen molar-refractivity contribution in [2.75, 3.05) is 0 Å². The van der Waals surface area contributed by atoms with Gasteiger partial charge in [-0.15, -0.1) is 10.2 Å². The highest BCUT2D eigenvalue weighted by atomic mass is 19.1. The van der Waals surface area contributed by atoms with E-state index >= 15 is 0 Å². The molecule has 0 aliphatic carbocycles. The number of rotatable bonds is 2. The van der Waals surface area contributed by atoms with Gasteiger partial charge in [0, 0.05) is 6.42 Å². The molecule has 0 aliphatic rings. The largest absolute Gasteiger partial charge is 0.207 e. The maximum Gasteiger partial charge on any atom is 0.178 e. The molecule has 2 rings (SSSR count). The van der Waals surface area contributed by atoms with Gasteiger partial charge < -0.3 is 0 Å². The van der Waals surface area contributed by atoms with E-state index < -0.39 is 0 Å². The summed E-state index contributed by atoms with van der Waals surface area (Å²) in [4.78, 5) is 0. The summed E-state index contributed by atoms with van der Waals surface area (Å²) < 4.78 is 12.9. The Morgan fingerprint density at radius 2 is 2.29 bits per heavy atom. The zero-order valence-corrected chi connectivity index (χ0v) is 7.66. The van der Waals surface area contributed by atoms with Crippen molar-refractivity contribution in [2.24, 2.45) is 0 Å². The van der Waals surface area contributed by atoms with Crippen LogP contribution in [0.5, 0.6) is 0 Å². The van der Waals surface area contributed by atoms with Crippen LogP contribution in [0.4, 0.5) is 4.39 Å². The second-order valence-electron chi connectivity index (χ2n) is 3.08. The molecule has 4 nitrogen and oxygen atoms in total. The van der Waals surface area contributed by atoms with Gasteiger partial charge in [-0.1, -0.05) is 11.3 Å². The Morgan fingerprint density at radius 3 is 3.00 bits per heavy atom. The van der Waals surface area contributed by atoms with Crippen LogP contribution in [-0.2, 0) is 6.42 Å². The first-order valence-corrected chi connectivity index (χ1v) is 4.23.